The fraction of sp³-hybridized carbons (Fsp3) is 0.500. The molecular formula is C14H16Cl2N2O. The maximum Gasteiger partial charge on any atom is 0.125 e. The zero-order valence-corrected chi connectivity index (χ0v) is 12.3. The largest absolute Gasteiger partial charge is 0.381 e. The number of aromatic nitrogens is 2. The summed E-state index contributed by atoms with van der Waals surface area (Å²) in [4.78, 5) is 4.59. The van der Waals surface area contributed by atoms with Crippen LogP contribution in [0, 0.1) is 0 Å². The predicted molar refractivity (Wildman–Crippen MR) is 78.0 cm³/mol. The van der Waals surface area contributed by atoms with Crippen molar-refractivity contribution < 1.29 is 4.74 Å². The summed E-state index contributed by atoms with van der Waals surface area (Å²) in [5.74, 6) is 1.33. The molecule has 1 aliphatic carbocycles. The molecule has 2 atom stereocenters. The molecule has 1 aromatic heterocycles. The van der Waals surface area contributed by atoms with Gasteiger partial charge in [-0.05, 0) is 37.5 Å². The Morgan fingerprint density at radius 1 is 1.42 bits per heavy atom. The Hall–Kier alpha value is -0.770. The molecule has 2 aromatic rings. The molecule has 3 nitrogen and oxygen atoms in total. The summed E-state index contributed by atoms with van der Waals surface area (Å²) in [5, 5.41) is 0.708. The van der Waals surface area contributed by atoms with Crippen molar-refractivity contribution in [3.63, 3.8) is 0 Å². The third kappa shape index (κ3) is 2.35. The van der Waals surface area contributed by atoms with E-state index in [1.165, 1.54) is 0 Å². The molecule has 1 fully saturated rings. The number of hydrogen-bond donors (Lipinski definition) is 0. The number of hydrogen-bond acceptors (Lipinski definition) is 2. The number of nitrogens with zero attached hydrogens (tertiary/aromatic N) is 2. The van der Waals surface area contributed by atoms with Gasteiger partial charge in [-0.15, -0.1) is 11.6 Å². The first-order valence-corrected chi connectivity index (χ1v) is 7.39. The van der Waals surface area contributed by atoms with Crippen LogP contribution in [-0.4, -0.2) is 22.8 Å². The van der Waals surface area contributed by atoms with Crippen molar-refractivity contribution in [1.82, 2.24) is 9.55 Å². The smallest absolute Gasteiger partial charge is 0.125 e. The van der Waals surface area contributed by atoms with Crippen molar-refractivity contribution in [2.45, 2.75) is 37.3 Å². The van der Waals surface area contributed by atoms with Gasteiger partial charge in [-0.2, -0.15) is 0 Å². The molecule has 0 radical (unpaired) electrons. The highest BCUT2D eigenvalue weighted by molar-refractivity contribution is 6.31. The molecule has 0 bridgehead atoms. The number of alkyl halides is 1. The number of fused-ring (bicyclic) bond motifs is 1. The maximum absolute atomic E-state index is 6.04. The second-order valence-electron chi connectivity index (χ2n) is 4.99. The molecule has 1 aromatic carbocycles. The molecule has 2 unspecified atom stereocenters. The topological polar surface area (TPSA) is 27.1 Å². The lowest BCUT2D eigenvalue weighted by atomic mass is 10.2. The Morgan fingerprint density at radius 2 is 2.26 bits per heavy atom. The lowest BCUT2D eigenvalue weighted by molar-refractivity contribution is 0.106. The van der Waals surface area contributed by atoms with Gasteiger partial charge in [0.05, 0.1) is 23.0 Å². The quantitative estimate of drug-likeness (QED) is 0.795. The Morgan fingerprint density at radius 3 is 2.95 bits per heavy atom. The second-order valence-corrected chi connectivity index (χ2v) is 5.69. The van der Waals surface area contributed by atoms with Crippen LogP contribution in [0.3, 0.4) is 0 Å². The first kappa shape index (κ1) is 13.2. The zero-order valence-electron chi connectivity index (χ0n) is 10.8. The average Bonchev–Trinajstić information content (AvgIpc) is 3.00. The van der Waals surface area contributed by atoms with Gasteiger partial charge >= 0.3 is 0 Å². The highest BCUT2D eigenvalue weighted by Crippen LogP contribution is 2.36. The molecule has 1 heterocycles. The van der Waals surface area contributed by atoms with Crippen LogP contribution in [-0.2, 0) is 10.6 Å². The zero-order chi connectivity index (χ0) is 13.4. The lowest BCUT2D eigenvalue weighted by Crippen LogP contribution is -2.11. The van der Waals surface area contributed by atoms with E-state index in [0.717, 1.165) is 36.1 Å². The number of imidazole rings is 1. The number of halogens is 2. The van der Waals surface area contributed by atoms with E-state index in [1.54, 1.807) is 7.11 Å². The minimum absolute atomic E-state index is 0.345. The highest BCUT2D eigenvalue weighted by atomic mass is 35.5. The number of ether oxygens (including phenoxy) is 1. The molecule has 1 saturated carbocycles. The summed E-state index contributed by atoms with van der Waals surface area (Å²) >= 11 is 12.1. The predicted octanol–water partition coefficient (Wildman–Crippen LogP) is 4.17. The summed E-state index contributed by atoms with van der Waals surface area (Å²) in [5.41, 5.74) is 2.03. The van der Waals surface area contributed by atoms with Gasteiger partial charge < -0.3 is 9.30 Å². The fourth-order valence-electron chi connectivity index (χ4n) is 2.99. The first-order valence-electron chi connectivity index (χ1n) is 6.48. The molecule has 0 aliphatic heterocycles. The minimum atomic E-state index is 0.345. The third-order valence-electron chi connectivity index (χ3n) is 3.90. The van der Waals surface area contributed by atoms with Crippen LogP contribution in [0.1, 0.15) is 31.1 Å². The van der Waals surface area contributed by atoms with Crippen LogP contribution in [0.15, 0.2) is 18.2 Å². The van der Waals surface area contributed by atoms with E-state index in [1.807, 2.05) is 18.2 Å². The van der Waals surface area contributed by atoms with Crippen LogP contribution in [0.4, 0.5) is 0 Å². The van der Waals surface area contributed by atoms with Crippen molar-refractivity contribution in [2.75, 3.05) is 7.11 Å². The van der Waals surface area contributed by atoms with Crippen LogP contribution in [0.25, 0.3) is 11.0 Å². The van der Waals surface area contributed by atoms with E-state index < -0.39 is 0 Å². The van der Waals surface area contributed by atoms with Crippen LogP contribution < -0.4 is 0 Å². The average molecular weight is 299 g/mol. The van der Waals surface area contributed by atoms with Gasteiger partial charge in [0, 0.05) is 18.2 Å². The van der Waals surface area contributed by atoms with E-state index in [4.69, 9.17) is 27.9 Å². The number of benzene rings is 1. The Balaban J connectivity index is 2.06. The Labute approximate surface area is 122 Å². The summed E-state index contributed by atoms with van der Waals surface area (Å²) < 4.78 is 7.72. The molecule has 0 amide bonds. The normalized spacial score (nSPS) is 23.3. The van der Waals surface area contributed by atoms with Crippen LogP contribution >= 0.6 is 23.2 Å². The molecule has 5 heteroatoms. The van der Waals surface area contributed by atoms with Crippen LogP contribution in [0.5, 0.6) is 0 Å². The van der Waals surface area contributed by atoms with Gasteiger partial charge in [0.25, 0.3) is 0 Å². The first-order chi connectivity index (χ1) is 9.22. The van der Waals surface area contributed by atoms with Crippen LogP contribution in [0.2, 0.25) is 5.02 Å². The summed E-state index contributed by atoms with van der Waals surface area (Å²) in [6, 6.07) is 6.25. The van der Waals surface area contributed by atoms with E-state index >= 15 is 0 Å². The van der Waals surface area contributed by atoms with Gasteiger partial charge in [-0.1, -0.05) is 11.6 Å². The van der Waals surface area contributed by atoms with E-state index in [0.29, 0.717) is 23.0 Å². The summed E-state index contributed by atoms with van der Waals surface area (Å²) in [6.45, 7) is 0. The highest BCUT2D eigenvalue weighted by Gasteiger charge is 2.28. The third-order valence-corrected chi connectivity index (χ3v) is 4.37. The molecule has 0 saturated heterocycles. The minimum Gasteiger partial charge on any atom is -0.381 e. The van der Waals surface area contributed by atoms with E-state index in [9.17, 15) is 0 Å². The Bertz CT molecular complexity index is 596. The molecule has 102 valence electrons. The Kier molecular flexibility index (Phi) is 3.70. The fourth-order valence-corrected chi connectivity index (χ4v) is 3.34. The standard InChI is InChI=1S/C14H16Cl2N2O/c1-19-11-4-3-10(7-11)18-13-5-2-9(16)6-12(13)17-14(18)8-15/h2,5-6,10-11H,3-4,7-8H2,1H3. The molecule has 19 heavy (non-hydrogen) atoms. The number of methoxy groups -OCH3 is 1. The van der Waals surface area contributed by atoms with Gasteiger partial charge in [-0.3, -0.25) is 0 Å². The molecular weight excluding hydrogens is 283 g/mol. The van der Waals surface area contributed by atoms with Crippen molar-refractivity contribution >= 4 is 34.2 Å². The maximum atomic E-state index is 6.04. The van der Waals surface area contributed by atoms with Gasteiger partial charge in [0.2, 0.25) is 0 Å². The van der Waals surface area contributed by atoms with Crippen molar-refractivity contribution in [3.05, 3.63) is 29.0 Å². The van der Waals surface area contributed by atoms with Gasteiger partial charge in [0.1, 0.15) is 5.82 Å². The molecule has 1 aliphatic rings. The summed E-state index contributed by atoms with van der Waals surface area (Å²) in [7, 11) is 1.78. The number of rotatable bonds is 3. The van der Waals surface area contributed by atoms with Crippen molar-refractivity contribution in [1.29, 1.82) is 0 Å². The van der Waals surface area contributed by atoms with E-state index in [2.05, 4.69) is 9.55 Å². The lowest BCUT2D eigenvalue weighted by Gasteiger charge is -2.16. The molecule has 0 spiro atoms. The monoisotopic (exact) mass is 298 g/mol. The van der Waals surface area contributed by atoms with Crippen molar-refractivity contribution in [2.24, 2.45) is 0 Å². The second kappa shape index (κ2) is 5.31. The molecule has 0 N–H and O–H groups in total. The summed E-state index contributed by atoms with van der Waals surface area (Å²) in [6.07, 6.45) is 3.57. The van der Waals surface area contributed by atoms with Gasteiger partial charge in [0.15, 0.2) is 0 Å². The molecule has 3 rings (SSSR count). The van der Waals surface area contributed by atoms with Crippen molar-refractivity contribution in [3.8, 4) is 0 Å². The van der Waals surface area contributed by atoms with E-state index in [-0.39, 0.29) is 0 Å². The van der Waals surface area contributed by atoms with Gasteiger partial charge in [-0.25, -0.2) is 4.98 Å². The SMILES string of the molecule is COC1CCC(n2c(CCl)nc3cc(Cl)ccc32)C1.